The number of hydrogen-bond acceptors (Lipinski definition) is 6. The van der Waals surface area contributed by atoms with Crippen LogP contribution in [0.15, 0.2) is 24.3 Å². The third kappa shape index (κ3) is 5.75. The van der Waals surface area contributed by atoms with E-state index in [1.54, 1.807) is 17.0 Å². The fraction of sp³-hybridized carbons (Fsp3) is 0.391. The fourth-order valence-electron chi connectivity index (χ4n) is 3.74. The third-order valence-corrected chi connectivity index (χ3v) is 5.99. The number of carbonyl (C=O) groups excluding carboxylic acids is 2. The molecule has 1 saturated heterocycles. The molecule has 1 aliphatic heterocycles. The van der Waals surface area contributed by atoms with Crippen LogP contribution in [0, 0.1) is 0 Å². The van der Waals surface area contributed by atoms with Crippen molar-refractivity contribution in [3.8, 4) is 5.75 Å². The highest BCUT2D eigenvalue weighted by molar-refractivity contribution is 6.30. The minimum absolute atomic E-state index is 0.0927. The fourth-order valence-corrected chi connectivity index (χ4v) is 4.00. The van der Waals surface area contributed by atoms with Gasteiger partial charge in [0.2, 0.25) is 5.91 Å². The van der Waals surface area contributed by atoms with E-state index < -0.39 is 12.1 Å². The van der Waals surface area contributed by atoms with Crippen LogP contribution in [0.2, 0.25) is 5.15 Å². The smallest absolute Gasteiger partial charge is 0.335 e. The molecule has 1 fully saturated rings. The van der Waals surface area contributed by atoms with Crippen molar-refractivity contribution in [2.75, 3.05) is 27.3 Å². The molecule has 3 N–H and O–H groups in total. The first-order valence-electron chi connectivity index (χ1n) is 10.7. The summed E-state index contributed by atoms with van der Waals surface area (Å²) in [6.45, 7) is 2.62. The Labute approximate surface area is 201 Å². The Morgan fingerprint density at radius 2 is 2.12 bits per heavy atom. The number of aromatic nitrogens is 2. The molecule has 2 amide bonds. The second-order valence-electron chi connectivity index (χ2n) is 7.73. The molecule has 0 spiro atoms. The lowest BCUT2D eigenvalue weighted by Crippen LogP contribution is -2.55. The van der Waals surface area contributed by atoms with Crippen LogP contribution in [0.3, 0.4) is 0 Å². The lowest BCUT2D eigenvalue weighted by molar-refractivity contribution is -0.130. The first-order valence-corrected chi connectivity index (χ1v) is 11.1. The number of rotatable bonds is 8. The maximum Gasteiger partial charge on any atom is 0.335 e. The van der Waals surface area contributed by atoms with Gasteiger partial charge in [-0.15, -0.1) is 0 Å². The van der Waals surface area contributed by atoms with E-state index in [1.165, 1.54) is 32.4 Å². The maximum atomic E-state index is 12.8. The summed E-state index contributed by atoms with van der Waals surface area (Å²) < 4.78 is 10.8. The summed E-state index contributed by atoms with van der Waals surface area (Å²) in [6.07, 6.45) is 3.70. The molecule has 11 heteroatoms. The number of ether oxygens (including phenoxy) is 2. The van der Waals surface area contributed by atoms with E-state index in [2.05, 4.69) is 15.3 Å². The number of aromatic amines is 1. The van der Waals surface area contributed by atoms with Crippen molar-refractivity contribution in [3.63, 3.8) is 0 Å². The Morgan fingerprint density at radius 1 is 1.35 bits per heavy atom. The zero-order valence-corrected chi connectivity index (χ0v) is 19.9. The number of amides is 2. The highest BCUT2D eigenvalue weighted by Crippen LogP contribution is 2.22. The molecular formula is C23H27ClN4O6. The number of aryl methyl sites for hydroxylation is 1. The average Bonchev–Trinajstić information content (AvgIpc) is 3.23. The molecule has 0 radical (unpaired) electrons. The number of carboxylic acids is 1. The minimum Gasteiger partial charge on any atom is -0.496 e. The van der Waals surface area contributed by atoms with E-state index >= 15 is 0 Å². The van der Waals surface area contributed by atoms with Crippen LogP contribution in [0.5, 0.6) is 5.75 Å². The van der Waals surface area contributed by atoms with Crippen LogP contribution in [0.1, 0.15) is 45.6 Å². The lowest BCUT2D eigenvalue weighted by atomic mass is 10.0. The summed E-state index contributed by atoms with van der Waals surface area (Å²) in [5.74, 6) is -1.19. The zero-order valence-electron chi connectivity index (χ0n) is 19.1. The van der Waals surface area contributed by atoms with Gasteiger partial charge in [0, 0.05) is 31.8 Å². The molecule has 2 atom stereocenters. The molecule has 2 aromatic rings. The van der Waals surface area contributed by atoms with Gasteiger partial charge in [-0.25, -0.2) is 9.78 Å². The molecule has 34 heavy (non-hydrogen) atoms. The predicted molar refractivity (Wildman–Crippen MR) is 125 cm³/mol. The number of benzene rings is 1. The number of nitrogens with zero attached hydrogens (tertiary/aromatic N) is 2. The number of aromatic carboxylic acids is 1. The van der Waals surface area contributed by atoms with Gasteiger partial charge in [-0.2, -0.15) is 0 Å². The number of carboxylic acid groups (broad SMARTS) is 1. The van der Waals surface area contributed by atoms with Crippen molar-refractivity contribution < 1.29 is 29.0 Å². The van der Waals surface area contributed by atoms with E-state index in [4.69, 9.17) is 26.2 Å². The second-order valence-corrected chi connectivity index (χ2v) is 8.09. The number of piperidine rings is 1. The summed E-state index contributed by atoms with van der Waals surface area (Å²) in [5, 5.41) is 12.3. The number of nitrogens with one attached hydrogen (secondary N) is 2. The molecule has 10 nitrogen and oxygen atoms in total. The molecule has 1 aromatic carbocycles. The molecule has 182 valence electrons. The van der Waals surface area contributed by atoms with Crippen molar-refractivity contribution in [2.24, 2.45) is 0 Å². The minimum atomic E-state index is -1.06. The Balaban J connectivity index is 1.63. The van der Waals surface area contributed by atoms with E-state index in [0.29, 0.717) is 42.9 Å². The Kier molecular flexibility index (Phi) is 8.30. The Morgan fingerprint density at radius 3 is 2.74 bits per heavy atom. The van der Waals surface area contributed by atoms with Gasteiger partial charge < -0.3 is 29.8 Å². The summed E-state index contributed by atoms with van der Waals surface area (Å²) in [7, 11) is 2.96. The summed E-state index contributed by atoms with van der Waals surface area (Å²) in [4.78, 5) is 45.1. The molecule has 0 saturated carbocycles. The van der Waals surface area contributed by atoms with Crippen molar-refractivity contribution >= 4 is 35.5 Å². The van der Waals surface area contributed by atoms with Gasteiger partial charge in [-0.05, 0) is 31.1 Å². The van der Waals surface area contributed by atoms with Crippen LogP contribution >= 0.6 is 11.6 Å². The molecule has 0 bridgehead atoms. The number of hydrogen-bond donors (Lipinski definition) is 3. The number of methoxy groups -OCH3 is 2. The number of H-pyrrole nitrogens is 1. The summed E-state index contributed by atoms with van der Waals surface area (Å²) >= 11 is 6.02. The van der Waals surface area contributed by atoms with Crippen LogP contribution in [-0.4, -0.2) is 77.2 Å². The number of carbonyl (C=O) groups is 3. The van der Waals surface area contributed by atoms with E-state index in [1.807, 2.05) is 6.92 Å². The molecule has 3 rings (SSSR count). The van der Waals surface area contributed by atoms with Crippen LogP contribution in [0.25, 0.3) is 6.08 Å². The van der Waals surface area contributed by atoms with Crippen LogP contribution in [-0.2, 0) is 16.0 Å². The molecule has 0 aliphatic carbocycles. The van der Waals surface area contributed by atoms with Crippen LogP contribution < -0.4 is 10.1 Å². The molecule has 0 unspecified atom stereocenters. The van der Waals surface area contributed by atoms with Gasteiger partial charge in [-0.1, -0.05) is 24.6 Å². The van der Waals surface area contributed by atoms with Crippen LogP contribution in [0.4, 0.5) is 0 Å². The quantitative estimate of drug-likeness (QED) is 0.484. The monoisotopic (exact) mass is 490 g/mol. The molecule has 1 aromatic heterocycles. The lowest BCUT2D eigenvalue weighted by Gasteiger charge is -2.37. The second kappa shape index (κ2) is 11.2. The molecular weight excluding hydrogens is 464 g/mol. The predicted octanol–water partition coefficient (Wildman–Crippen LogP) is 2.39. The van der Waals surface area contributed by atoms with Crippen molar-refractivity contribution in [2.45, 2.75) is 31.9 Å². The highest BCUT2D eigenvalue weighted by Gasteiger charge is 2.32. The normalized spacial score (nSPS) is 18.2. The first kappa shape index (κ1) is 25.3. The maximum absolute atomic E-state index is 12.8. The Hall–Kier alpha value is -3.37. The third-order valence-electron chi connectivity index (χ3n) is 5.67. The average molecular weight is 491 g/mol. The van der Waals surface area contributed by atoms with Gasteiger partial charge in [0.25, 0.3) is 5.91 Å². The van der Waals surface area contributed by atoms with Gasteiger partial charge in [0.1, 0.15) is 5.75 Å². The standard InChI is InChI=1S/C23H27ClN4O6/c1-4-15-20(24)27-21(25-15)22(30)26-16-9-10-28(12-18(16)34-3)19(29)8-7-13-5-6-14(23(31)32)11-17(13)33-2/h5-8,11,16,18H,4,9-10,12H2,1-3H3,(H,25,27)(H,26,30)(H,31,32)/b8-7+/t16-,18+/m1/s1. The van der Waals surface area contributed by atoms with Gasteiger partial charge in [0.15, 0.2) is 11.0 Å². The number of halogens is 1. The van der Waals surface area contributed by atoms with Gasteiger partial charge in [0.05, 0.1) is 30.5 Å². The van der Waals surface area contributed by atoms with E-state index in [0.717, 1.165) is 0 Å². The summed E-state index contributed by atoms with van der Waals surface area (Å²) in [5.41, 5.74) is 1.36. The van der Waals surface area contributed by atoms with Gasteiger partial charge >= 0.3 is 5.97 Å². The topological polar surface area (TPSA) is 134 Å². The van der Waals surface area contributed by atoms with Crippen molar-refractivity contribution in [1.29, 1.82) is 0 Å². The summed E-state index contributed by atoms with van der Waals surface area (Å²) in [6, 6.07) is 4.12. The van der Waals surface area contributed by atoms with E-state index in [9.17, 15) is 14.4 Å². The zero-order chi connectivity index (χ0) is 24.8. The number of likely N-dealkylation sites (tertiary alicyclic amines) is 1. The molecule has 1 aliphatic rings. The van der Waals surface area contributed by atoms with Crippen molar-refractivity contribution in [1.82, 2.24) is 20.2 Å². The van der Waals surface area contributed by atoms with E-state index in [-0.39, 0.29) is 34.4 Å². The molecule has 2 heterocycles. The Bertz CT molecular complexity index is 1100. The highest BCUT2D eigenvalue weighted by atomic mass is 35.5. The largest absolute Gasteiger partial charge is 0.496 e. The SMILES string of the molecule is CCc1[nH]c(C(=O)N[C@@H]2CCN(C(=O)/C=C/c3ccc(C(=O)O)cc3OC)C[C@@H]2OC)nc1Cl. The van der Waals surface area contributed by atoms with Gasteiger partial charge in [-0.3, -0.25) is 9.59 Å². The van der Waals surface area contributed by atoms with Crippen molar-refractivity contribution in [3.05, 3.63) is 52.1 Å². The number of imidazole rings is 1. The first-order chi connectivity index (χ1) is 16.3.